The molecule has 3 nitrogen and oxygen atoms in total. The molecule has 0 aliphatic heterocycles. The molecule has 1 N–H and O–H groups in total. The van der Waals surface area contributed by atoms with Crippen LogP contribution >= 0.6 is 0 Å². The Morgan fingerprint density at radius 2 is 2.17 bits per heavy atom. The van der Waals surface area contributed by atoms with Gasteiger partial charge in [0.15, 0.2) is 0 Å². The van der Waals surface area contributed by atoms with Gasteiger partial charge in [0.1, 0.15) is 0 Å². The molecule has 0 rings (SSSR count). The summed E-state index contributed by atoms with van der Waals surface area (Å²) >= 11 is 0. The van der Waals surface area contributed by atoms with E-state index in [0.29, 0.717) is 6.42 Å². The molecule has 0 aliphatic rings. The second-order valence-electron chi connectivity index (χ2n) is 3.60. The van der Waals surface area contributed by atoms with Gasteiger partial charge in [-0.3, -0.25) is 0 Å². The highest BCUT2D eigenvalue weighted by Crippen LogP contribution is 2.16. The fourth-order valence-electron chi connectivity index (χ4n) is 0.937. The van der Waals surface area contributed by atoms with E-state index < -0.39 is 0 Å². The quantitative estimate of drug-likeness (QED) is 0.394. The largest absolute Gasteiger partial charge is 0.411 e. The molecule has 0 amide bonds. The van der Waals surface area contributed by atoms with Gasteiger partial charge in [-0.15, -0.1) is 5.16 Å². The molecular formula is C9H19NO2. The third-order valence-electron chi connectivity index (χ3n) is 1.76. The van der Waals surface area contributed by atoms with Gasteiger partial charge in [0.2, 0.25) is 0 Å². The van der Waals surface area contributed by atoms with Gasteiger partial charge in [0.25, 0.3) is 0 Å². The van der Waals surface area contributed by atoms with E-state index in [2.05, 4.69) is 12.1 Å². The van der Waals surface area contributed by atoms with Crippen molar-refractivity contribution in [1.29, 1.82) is 0 Å². The summed E-state index contributed by atoms with van der Waals surface area (Å²) in [4.78, 5) is 0. The summed E-state index contributed by atoms with van der Waals surface area (Å²) < 4.78 is 5.69. The van der Waals surface area contributed by atoms with Crippen molar-refractivity contribution in [2.45, 2.75) is 52.2 Å². The number of hydrogen-bond acceptors (Lipinski definition) is 3. The summed E-state index contributed by atoms with van der Waals surface area (Å²) in [7, 11) is 0. The fraction of sp³-hybridized carbons (Fsp3) is 0.889. The van der Waals surface area contributed by atoms with Crippen molar-refractivity contribution >= 4 is 6.21 Å². The van der Waals surface area contributed by atoms with Crippen LogP contribution in [0.2, 0.25) is 0 Å². The van der Waals surface area contributed by atoms with Crippen LogP contribution < -0.4 is 0 Å². The van der Waals surface area contributed by atoms with Crippen LogP contribution in [0.1, 0.15) is 40.5 Å². The molecule has 0 bridgehead atoms. The molecule has 0 radical (unpaired) electrons. The van der Waals surface area contributed by atoms with Crippen molar-refractivity contribution < 1.29 is 9.94 Å². The lowest BCUT2D eigenvalue weighted by atomic mass is 10.1. The summed E-state index contributed by atoms with van der Waals surface area (Å²) in [6, 6.07) is 0. The van der Waals surface area contributed by atoms with Crippen LogP contribution in [-0.2, 0) is 4.74 Å². The van der Waals surface area contributed by atoms with E-state index in [0.717, 1.165) is 6.42 Å². The minimum Gasteiger partial charge on any atom is -0.411 e. The average Bonchev–Trinajstić information content (AvgIpc) is 2.00. The summed E-state index contributed by atoms with van der Waals surface area (Å²) in [6.07, 6.45) is 3.35. The van der Waals surface area contributed by atoms with Gasteiger partial charge in [-0.1, -0.05) is 6.92 Å². The van der Waals surface area contributed by atoms with Gasteiger partial charge in [-0.2, -0.15) is 0 Å². The standard InChI is InChI=1S/C9H19NO2/c1-5-8(2)12-9(3,4)6-7-10-11/h7-8,11H,5-6H2,1-4H3/b10-7+. The van der Waals surface area contributed by atoms with Gasteiger partial charge in [0, 0.05) is 12.6 Å². The highest BCUT2D eigenvalue weighted by atomic mass is 16.5. The second kappa shape index (κ2) is 5.14. The molecule has 1 unspecified atom stereocenters. The van der Waals surface area contributed by atoms with E-state index in [1.807, 2.05) is 20.8 Å². The van der Waals surface area contributed by atoms with Crippen LogP contribution in [0.4, 0.5) is 0 Å². The Hall–Kier alpha value is -0.570. The predicted molar refractivity (Wildman–Crippen MR) is 49.8 cm³/mol. The molecule has 0 aromatic carbocycles. The van der Waals surface area contributed by atoms with Crippen LogP contribution in [0.3, 0.4) is 0 Å². The maximum atomic E-state index is 8.23. The number of oxime groups is 1. The van der Waals surface area contributed by atoms with E-state index in [1.54, 1.807) is 0 Å². The van der Waals surface area contributed by atoms with Crippen LogP contribution in [0.15, 0.2) is 5.16 Å². The molecule has 1 atom stereocenters. The summed E-state index contributed by atoms with van der Waals surface area (Å²) in [5.74, 6) is 0. The minimum absolute atomic E-state index is 0.234. The number of rotatable bonds is 5. The first-order valence-corrected chi connectivity index (χ1v) is 4.35. The monoisotopic (exact) mass is 173 g/mol. The Bertz CT molecular complexity index is 143. The molecule has 0 aromatic heterocycles. The number of hydrogen-bond donors (Lipinski definition) is 1. The molecule has 72 valence electrons. The van der Waals surface area contributed by atoms with Gasteiger partial charge in [-0.05, 0) is 27.2 Å². The number of nitrogens with zero attached hydrogens (tertiary/aromatic N) is 1. The van der Waals surface area contributed by atoms with Gasteiger partial charge < -0.3 is 9.94 Å². The molecule has 0 saturated carbocycles. The molecule has 0 aromatic rings. The van der Waals surface area contributed by atoms with Crippen LogP contribution in [0.25, 0.3) is 0 Å². The molecular weight excluding hydrogens is 154 g/mol. The first-order chi connectivity index (χ1) is 5.52. The normalized spacial score (nSPS) is 15.3. The summed E-state index contributed by atoms with van der Waals surface area (Å²) in [6.45, 7) is 8.10. The highest BCUT2D eigenvalue weighted by molar-refractivity contribution is 5.57. The Morgan fingerprint density at radius 3 is 2.58 bits per heavy atom. The topological polar surface area (TPSA) is 41.8 Å². The lowest BCUT2D eigenvalue weighted by molar-refractivity contribution is -0.0593. The lowest BCUT2D eigenvalue weighted by Crippen LogP contribution is -2.29. The van der Waals surface area contributed by atoms with E-state index in [4.69, 9.17) is 9.94 Å². The molecule has 12 heavy (non-hydrogen) atoms. The van der Waals surface area contributed by atoms with Crippen molar-refractivity contribution in [2.24, 2.45) is 5.16 Å². The Labute approximate surface area is 74.4 Å². The van der Waals surface area contributed by atoms with Crippen molar-refractivity contribution in [3.8, 4) is 0 Å². The summed E-state index contributed by atoms with van der Waals surface area (Å²) in [5, 5.41) is 11.2. The molecule has 0 aliphatic carbocycles. The van der Waals surface area contributed by atoms with Crippen molar-refractivity contribution in [3.63, 3.8) is 0 Å². The van der Waals surface area contributed by atoms with Gasteiger partial charge in [0.05, 0.1) is 11.7 Å². The third kappa shape index (κ3) is 5.13. The fourth-order valence-corrected chi connectivity index (χ4v) is 0.937. The predicted octanol–water partition coefficient (Wildman–Crippen LogP) is 2.43. The lowest BCUT2D eigenvalue weighted by Gasteiger charge is -2.27. The van der Waals surface area contributed by atoms with Gasteiger partial charge in [-0.25, -0.2) is 0 Å². The van der Waals surface area contributed by atoms with Crippen LogP contribution in [0.5, 0.6) is 0 Å². The zero-order chi connectivity index (χ0) is 9.61. The minimum atomic E-state index is -0.234. The van der Waals surface area contributed by atoms with Crippen LogP contribution in [0, 0.1) is 0 Å². The first kappa shape index (κ1) is 11.4. The van der Waals surface area contributed by atoms with Crippen molar-refractivity contribution in [2.75, 3.05) is 0 Å². The second-order valence-corrected chi connectivity index (χ2v) is 3.60. The summed E-state index contributed by atoms with van der Waals surface area (Å²) in [5.41, 5.74) is -0.234. The van der Waals surface area contributed by atoms with E-state index in [-0.39, 0.29) is 11.7 Å². The third-order valence-corrected chi connectivity index (χ3v) is 1.76. The molecule has 3 heteroatoms. The zero-order valence-electron chi connectivity index (χ0n) is 8.37. The Balaban J connectivity index is 3.85. The van der Waals surface area contributed by atoms with Crippen molar-refractivity contribution in [3.05, 3.63) is 0 Å². The van der Waals surface area contributed by atoms with Crippen molar-refractivity contribution in [1.82, 2.24) is 0 Å². The van der Waals surface area contributed by atoms with Gasteiger partial charge >= 0.3 is 0 Å². The Kier molecular flexibility index (Phi) is 4.90. The maximum absolute atomic E-state index is 8.23. The first-order valence-electron chi connectivity index (χ1n) is 4.35. The van der Waals surface area contributed by atoms with Crippen LogP contribution in [-0.4, -0.2) is 23.1 Å². The molecule has 0 saturated heterocycles. The molecule has 0 fully saturated rings. The maximum Gasteiger partial charge on any atom is 0.0680 e. The molecule has 0 spiro atoms. The molecule has 0 heterocycles. The SMILES string of the molecule is CCC(C)OC(C)(C)C/C=N/O. The van der Waals surface area contributed by atoms with E-state index in [9.17, 15) is 0 Å². The smallest absolute Gasteiger partial charge is 0.0680 e. The van der Waals surface area contributed by atoms with E-state index in [1.165, 1.54) is 6.21 Å². The zero-order valence-corrected chi connectivity index (χ0v) is 8.37. The number of ether oxygens (including phenoxy) is 1. The average molecular weight is 173 g/mol. The van der Waals surface area contributed by atoms with E-state index >= 15 is 0 Å². The Morgan fingerprint density at radius 1 is 1.58 bits per heavy atom. The highest BCUT2D eigenvalue weighted by Gasteiger charge is 2.19.